The lowest BCUT2D eigenvalue weighted by Gasteiger charge is -2.32. The van der Waals surface area contributed by atoms with Crippen molar-refractivity contribution in [2.24, 2.45) is 0 Å². The Hall–Kier alpha value is -2.95. The first-order valence-corrected chi connectivity index (χ1v) is 13.7. The monoisotopic (exact) mass is 583 g/mol. The molecule has 2 aromatic heterocycles. The van der Waals surface area contributed by atoms with E-state index >= 15 is 0 Å². The molecular formula is C28H27BrFN3O5. The van der Waals surface area contributed by atoms with Crippen molar-refractivity contribution >= 4 is 38.5 Å². The van der Waals surface area contributed by atoms with Gasteiger partial charge in [-0.1, -0.05) is 6.92 Å². The highest BCUT2D eigenvalue weighted by Gasteiger charge is 2.44. The second-order valence-electron chi connectivity index (χ2n) is 10.6. The summed E-state index contributed by atoms with van der Waals surface area (Å²) in [6, 6.07) is 2.62. The summed E-state index contributed by atoms with van der Waals surface area (Å²) in [6.07, 6.45) is 0.668. The predicted octanol–water partition coefficient (Wildman–Crippen LogP) is 3.31. The molecule has 38 heavy (non-hydrogen) atoms. The van der Waals surface area contributed by atoms with Crippen LogP contribution in [0.2, 0.25) is 0 Å². The molecule has 2 aliphatic carbocycles. The zero-order chi connectivity index (χ0) is 27.1. The average Bonchev–Trinajstić information content (AvgIpc) is 3.24. The summed E-state index contributed by atoms with van der Waals surface area (Å²) in [5, 5.41) is 24.8. The highest BCUT2D eigenvalue weighted by molar-refractivity contribution is 9.10. The lowest BCUT2D eigenvalue weighted by Crippen LogP contribution is -2.43. The van der Waals surface area contributed by atoms with Gasteiger partial charge in [0.05, 0.1) is 46.5 Å². The van der Waals surface area contributed by atoms with E-state index in [9.17, 15) is 29.0 Å². The van der Waals surface area contributed by atoms with E-state index in [4.69, 9.17) is 4.98 Å². The van der Waals surface area contributed by atoms with E-state index in [0.717, 1.165) is 22.1 Å². The van der Waals surface area contributed by atoms with Crippen molar-refractivity contribution in [1.82, 2.24) is 14.9 Å². The Morgan fingerprint density at radius 3 is 2.74 bits per heavy atom. The van der Waals surface area contributed by atoms with Crippen LogP contribution in [0.1, 0.15) is 73.4 Å². The number of halogens is 2. The summed E-state index contributed by atoms with van der Waals surface area (Å²) in [7, 11) is 0. The maximum Gasteiger partial charge on any atom is 0.254 e. The van der Waals surface area contributed by atoms with E-state index in [1.165, 1.54) is 6.07 Å². The molecule has 3 aliphatic rings. The van der Waals surface area contributed by atoms with Crippen LogP contribution in [-0.2, 0) is 34.6 Å². The van der Waals surface area contributed by atoms with Crippen LogP contribution >= 0.6 is 15.9 Å². The quantitative estimate of drug-likeness (QED) is 0.339. The number of carbonyl (C=O) groups is 2. The predicted molar refractivity (Wildman–Crippen MR) is 141 cm³/mol. The topological polar surface area (TPSA) is 122 Å². The Kier molecular flexibility index (Phi) is 5.86. The van der Waals surface area contributed by atoms with Gasteiger partial charge < -0.3 is 20.1 Å². The summed E-state index contributed by atoms with van der Waals surface area (Å²) in [6.45, 7) is 3.47. The second-order valence-corrected chi connectivity index (χ2v) is 11.4. The Balaban J connectivity index is 1.61. The first-order valence-electron chi connectivity index (χ1n) is 12.9. The largest absolute Gasteiger partial charge is 0.393 e. The van der Waals surface area contributed by atoms with E-state index in [1.54, 1.807) is 24.5 Å². The van der Waals surface area contributed by atoms with Crippen molar-refractivity contribution in [3.63, 3.8) is 0 Å². The van der Waals surface area contributed by atoms with Crippen molar-refractivity contribution in [2.45, 2.75) is 76.7 Å². The molecule has 198 valence electrons. The second kappa shape index (κ2) is 8.79. The van der Waals surface area contributed by atoms with Gasteiger partial charge in [-0.3, -0.25) is 14.4 Å². The fourth-order valence-electron chi connectivity index (χ4n) is 6.40. The van der Waals surface area contributed by atoms with E-state index in [0.29, 0.717) is 45.3 Å². The van der Waals surface area contributed by atoms with Gasteiger partial charge in [0.1, 0.15) is 11.4 Å². The number of aliphatic hydroxyl groups excluding tert-OH is 1. The highest BCUT2D eigenvalue weighted by Crippen LogP contribution is 2.46. The lowest BCUT2D eigenvalue weighted by molar-refractivity contribution is -0.140. The number of nitrogens with zero attached hydrogens (tertiary/aromatic N) is 2. The molecule has 0 bridgehead atoms. The smallest absolute Gasteiger partial charge is 0.254 e. The summed E-state index contributed by atoms with van der Waals surface area (Å²) in [5.74, 6) is -1.06. The van der Waals surface area contributed by atoms with Gasteiger partial charge in [-0.2, -0.15) is 0 Å². The van der Waals surface area contributed by atoms with Gasteiger partial charge in [0, 0.05) is 34.6 Å². The van der Waals surface area contributed by atoms with Crippen LogP contribution in [0.4, 0.5) is 4.39 Å². The number of pyridine rings is 2. The van der Waals surface area contributed by atoms with Crippen molar-refractivity contribution in [2.75, 3.05) is 0 Å². The van der Waals surface area contributed by atoms with Gasteiger partial charge in [-0.05, 0) is 65.7 Å². The zero-order valence-corrected chi connectivity index (χ0v) is 22.6. The standard InChI is InChI=1S/C28H27BrFN3O5/c1-3-28(38)16-9-20-26-15(11-33(20)27(37)13(16)5-7-21(28)35)24-18(31-22(36)8-12(2)34)6-4-14-23(24)19(32-26)10-17(30)25(14)29/h9-10,12,18,34,38H,3-8,11H2,1-2H3,(H,31,36)/t12-,18+,28+/m1/s1. The fraction of sp³-hybridized carbons (Fsp3) is 0.429. The van der Waals surface area contributed by atoms with Gasteiger partial charge in [0.25, 0.3) is 5.56 Å². The van der Waals surface area contributed by atoms with Crippen LogP contribution in [-0.4, -0.2) is 37.6 Å². The molecule has 0 saturated carbocycles. The molecule has 0 saturated heterocycles. The van der Waals surface area contributed by atoms with Gasteiger partial charge in [0.2, 0.25) is 5.91 Å². The molecule has 0 unspecified atom stereocenters. The van der Waals surface area contributed by atoms with Crippen LogP contribution in [0.3, 0.4) is 0 Å². The Morgan fingerprint density at radius 2 is 2.03 bits per heavy atom. The van der Waals surface area contributed by atoms with Crippen molar-refractivity contribution < 1.29 is 24.2 Å². The molecule has 1 aliphatic heterocycles. The summed E-state index contributed by atoms with van der Waals surface area (Å²) < 4.78 is 16.9. The Bertz CT molecular complexity index is 1630. The number of aliphatic hydroxyl groups is 2. The molecule has 0 spiro atoms. The number of rotatable bonds is 4. The lowest BCUT2D eigenvalue weighted by atomic mass is 9.77. The minimum absolute atomic E-state index is 0.0527. The molecule has 3 aromatic rings. The third-order valence-electron chi connectivity index (χ3n) is 8.24. The molecule has 10 heteroatoms. The van der Waals surface area contributed by atoms with Crippen molar-refractivity contribution in [3.05, 3.63) is 60.6 Å². The van der Waals surface area contributed by atoms with Gasteiger partial charge in [-0.15, -0.1) is 0 Å². The number of amides is 1. The molecule has 3 N–H and O–H groups in total. The number of hydrogen-bond acceptors (Lipinski definition) is 6. The minimum atomic E-state index is -1.74. The van der Waals surface area contributed by atoms with Gasteiger partial charge in [0.15, 0.2) is 5.78 Å². The van der Waals surface area contributed by atoms with E-state index in [2.05, 4.69) is 21.2 Å². The van der Waals surface area contributed by atoms with Crippen LogP contribution in [0.15, 0.2) is 21.4 Å². The summed E-state index contributed by atoms with van der Waals surface area (Å²) in [5.41, 5.74) is 2.39. The van der Waals surface area contributed by atoms with Crippen LogP contribution in [0, 0.1) is 5.82 Å². The Labute approximate surface area is 226 Å². The number of aromatic nitrogens is 2. The number of carbonyl (C=O) groups excluding carboxylic acids is 2. The number of Topliss-reactive ketones (excluding diaryl/α,β-unsaturated/α-hetero) is 1. The van der Waals surface area contributed by atoms with E-state index in [-0.39, 0.29) is 49.5 Å². The number of fused-ring (bicyclic) bond motifs is 5. The molecule has 0 fully saturated rings. The van der Waals surface area contributed by atoms with Crippen LogP contribution in [0.25, 0.3) is 22.3 Å². The normalized spacial score (nSPS) is 22.2. The van der Waals surface area contributed by atoms with E-state index < -0.39 is 23.6 Å². The first-order chi connectivity index (χ1) is 18.0. The van der Waals surface area contributed by atoms with E-state index in [1.807, 2.05) is 0 Å². The maximum atomic E-state index is 14.9. The fourth-order valence-corrected chi connectivity index (χ4v) is 6.91. The van der Waals surface area contributed by atoms with Crippen LogP contribution < -0.4 is 10.9 Å². The zero-order valence-electron chi connectivity index (χ0n) is 21.0. The maximum absolute atomic E-state index is 14.9. The minimum Gasteiger partial charge on any atom is -0.393 e. The molecular weight excluding hydrogens is 557 g/mol. The molecule has 1 amide bonds. The number of ketones is 1. The third-order valence-corrected chi connectivity index (χ3v) is 9.09. The van der Waals surface area contributed by atoms with Crippen molar-refractivity contribution in [1.29, 1.82) is 0 Å². The summed E-state index contributed by atoms with van der Waals surface area (Å²) >= 11 is 3.39. The molecule has 8 nitrogen and oxygen atoms in total. The van der Waals surface area contributed by atoms with Crippen molar-refractivity contribution in [3.8, 4) is 11.4 Å². The SMILES string of the molecule is CC[C@@]1(O)C(=O)CCc2c1cc1n(c2=O)Cc2c-1nc1cc(F)c(Br)c3c1c2[C@@H](NC(=O)C[C@@H](C)O)CC3. The summed E-state index contributed by atoms with van der Waals surface area (Å²) in [4.78, 5) is 43.9. The van der Waals surface area contributed by atoms with Gasteiger partial charge >= 0.3 is 0 Å². The number of nitrogens with one attached hydrogen (secondary N) is 1. The molecule has 6 rings (SSSR count). The number of benzene rings is 1. The molecule has 1 aromatic carbocycles. The average molecular weight is 584 g/mol. The number of hydrogen-bond donors (Lipinski definition) is 3. The Morgan fingerprint density at radius 1 is 1.26 bits per heavy atom. The van der Waals surface area contributed by atoms with Crippen LogP contribution in [0.5, 0.6) is 0 Å². The number of aryl methyl sites for hydroxylation is 1. The third kappa shape index (κ3) is 3.53. The molecule has 3 heterocycles. The highest BCUT2D eigenvalue weighted by atomic mass is 79.9. The van der Waals surface area contributed by atoms with Gasteiger partial charge in [-0.25, -0.2) is 9.37 Å². The first kappa shape index (κ1) is 25.3. The molecule has 3 atom stereocenters. The molecule has 0 radical (unpaired) electrons.